The molecule has 0 atom stereocenters. The molecule has 1 aliphatic rings. The van der Waals surface area contributed by atoms with Crippen molar-refractivity contribution in [3.05, 3.63) is 81.9 Å². The molecule has 0 radical (unpaired) electrons. The van der Waals surface area contributed by atoms with E-state index in [4.69, 9.17) is 0 Å². The molecule has 0 aromatic heterocycles. The minimum Gasteiger partial charge on any atom is -0.331 e. The van der Waals surface area contributed by atoms with Crippen LogP contribution in [0.4, 0.5) is 17.6 Å². The summed E-state index contributed by atoms with van der Waals surface area (Å²) in [5.74, 6) is -5.31. The number of halogens is 4. The van der Waals surface area contributed by atoms with E-state index in [9.17, 15) is 8.78 Å². The highest BCUT2D eigenvalue weighted by atomic mass is 19.2. The molecule has 0 bridgehead atoms. The third kappa shape index (κ3) is 11.7. The van der Waals surface area contributed by atoms with E-state index in [0.29, 0.717) is 0 Å². The lowest BCUT2D eigenvalue weighted by Crippen LogP contribution is -2.35. The maximum absolute atomic E-state index is 15.4. The van der Waals surface area contributed by atoms with E-state index in [1.165, 1.54) is 107 Å². The summed E-state index contributed by atoms with van der Waals surface area (Å²) in [6.07, 6.45) is 21.4. The predicted octanol–water partition coefficient (Wildman–Crippen LogP) is 13.2. The number of hydrogen-bond donors (Lipinski definition) is 0. The number of aryl methyl sites for hydroxylation is 1. The fourth-order valence-electron chi connectivity index (χ4n) is 8.57. The first-order chi connectivity index (χ1) is 25.1. The van der Waals surface area contributed by atoms with Gasteiger partial charge in [0.25, 0.3) is 0 Å². The normalized spacial score (nSPS) is 13.8. The van der Waals surface area contributed by atoms with Crippen LogP contribution >= 0.6 is 0 Å². The van der Waals surface area contributed by atoms with E-state index in [1.807, 2.05) is 12.1 Å². The van der Waals surface area contributed by atoms with Crippen molar-refractivity contribution in [2.45, 2.75) is 135 Å². The SMILES string of the molecule is Cc1ccc2c(c1)C(CCCCCCCCCC[N+](C)(C)C)(CCCCCCCCCC[N+](C)(C)C)c1cc(-c3c(F)c(F)c(C)c(F)c3F)ccc1-2. The Labute approximate surface area is 320 Å². The zero-order valence-corrected chi connectivity index (χ0v) is 34.5. The van der Waals surface area contributed by atoms with Crippen molar-refractivity contribution < 1.29 is 26.5 Å². The van der Waals surface area contributed by atoms with Crippen LogP contribution in [-0.4, -0.2) is 64.3 Å². The van der Waals surface area contributed by atoms with E-state index in [-0.39, 0.29) is 11.0 Å². The van der Waals surface area contributed by atoms with Gasteiger partial charge in [-0.2, -0.15) is 0 Å². The highest BCUT2D eigenvalue weighted by Gasteiger charge is 2.42. The van der Waals surface area contributed by atoms with Crippen molar-refractivity contribution >= 4 is 0 Å². The smallest absolute Gasteiger partial charge is 0.170 e. The maximum atomic E-state index is 15.4. The van der Waals surface area contributed by atoms with E-state index in [0.717, 1.165) is 65.5 Å². The first kappa shape index (κ1) is 43.0. The summed E-state index contributed by atoms with van der Waals surface area (Å²) >= 11 is 0. The van der Waals surface area contributed by atoms with Gasteiger partial charge in [-0.1, -0.05) is 113 Å². The molecule has 1 aliphatic carbocycles. The molecule has 0 saturated carbocycles. The number of fused-ring (bicyclic) bond motifs is 3. The molecule has 294 valence electrons. The van der Waals surface area contributed by atoms with Crippen LogP contribution in [0.5, 0.6) is 0 Å². The molecule has 0 fully saturated rings. The average molecular weight is 739 g/mol. The molecule has 53 heavy (non-hydrogen) atoms. The first-order valence-corrected chi connectivity index (χ1v) is 20.8. The monoisotopic (exact) mass is 739 g/mol. The zero-order chi connectivity index (χ0) is 38.8. The molecule has 6 heteroatoms. The van der Waals surface area contributed by atoms with Crippen LogP contribution in [0.25, 0.3) is 22.3 Å². The van der Waals surface area contributed by atoms with Gasteiger partial charge in [-0.25, -0.2) is 17.6 Å². The average Bonchev–Trinajstić information content (AvgIpc) is 3.35. The topological polar surface area (TPSA) is 0 Å². The number of hydrogen-bond acceptors (Lipinski definition) is 0. The summed E-state index contributed by atoms with van der Waals surface area (Å²) in [6, 6.07) is 12.1. The summed E-state index contributed by atoms with van der Waals surface area (Å²) in [7, 11) is 13.5. The van der Waals surface area contributed by atoms with Crippen molar-refractivity contribution in [1.29, 1.82) is 0 Å². The Morgan fingerprint density at radius 3 is 1.26 bits per heavy atom. The summed E-state index contributed by atoms with van der Waals surface area (Å²) in [6.45, 7) is 5.64. The van der Waals surface area contributed by atoms with Gasteiger partial charge in [-0.15, -0.1) is 0 Å². The molecule has 0 aliphatic heterocycles. The van der Waals surface area contributed by atoms with Crippen LogP contribution < -0.4 is 0 Å². The molecule has 0 spiro atoms. The van der Waals surface area contributed by atoms with Crippen molar-refractivity contribution in [2.24, 2.45) is 0 Å². The Bertz CT molecular complexity index is 1570. The lowest BCUT2D eigenvalue weighted by molar-refractivity contribution is -0.870. The lowest BCUT2D eigenvalue weighted by Gasteiger charge is -2.33. The van der Waals surface area contributed by atoms with Crippen LogP contribution in [-0.2, 0) is 5.41 Å². The molecule has 3 aromatic carbocycles. The van der Waals surface area contributed by atoms with E-state index >= 15 is 8.78 Å². The lowest BCUT2D eigenvalue weighted by atomic mass is 9.70. The molecule has 0 unspecified atom stereocenters. The van der Waals surface area contributed by atoms with Gasteiger partial charge in [0, 0.05) is 11.0 Å². The quantitative estimate of drug-likeness (QED) is 0.0393. The molecule has 0 heterocycles. The van der Waals surface area contributed by atoms with Crippen molar-refractivity contribution in [2.75, 3.05) is 55.4 Å². The molecule has 2 nitrogen and oxygen atoms in total. The molecule has 0 saturated heterocycles. The van der Waals surface area contributed by atoms with Gasteiger partial charge in [0.1, 0.15) is 0 Å². The number of nitrogens with zero attached hydrogens (tertiary/aromatic N) is 2. The number of unbranched alkanes of at least 4 members (excludes halogenated alkanes) is 14. The van der Waals surface area contributed by atoms with E-state index < -0.39 is 34.4 Å². The number of quaternary nitrogens is 2. The van der Waals surface area contributed by atoms with Gasteiger partial charge in [-0.3, -0.25) is 0 Å². The second-order valence-corrected chi connectivity index (χ2v) is 18.3. The molecule has 0 N–H and O–H groups in total. The molecule has 4 rings (SSSR count). The van der Waals surface area contributed by atoms with Crippen molar-refractivity contribution in [1.82, 2.24) is 0 Å². The predicted molar refractivity (Wildman–Crippen MR) is 216 cm³/mol. The van der Waals surface area contributed by atoms with Gasteiger partial charge in [0.05, 0.1) is 60.9 Å². The molecule has 3 aromatic rings. The van der Waals surface area contributed by atoms with Crippen molar-refractivity contribution in [3.63, 3.8) is 0 Å². The minimum atomic E-state index is -1.33. The van der Waals surface area contributed by atoms with Crippen LogP contribution in [0.1, 0.15) is 138 Å². The van der Waals surface area contributed by atoms with Crippen LogP contribution in [0.2, 0.25) is 0 Å². The largest absolute Gasteiger partial charge is 0.331 e. The minimum absolute atomic E-state index is 0.195. The third-order valence-electron chi connectivity index (χ3n) is 11.7. The number of rotatable bonds is 23. The second-order valence-electron chi connectivity index (χ2n) is 18.3. The van der Waals surface area contributed by atoms with E-state index in [2.05, 4.69) is 67.4 Å². The Hall–Kier alpha value is -2.70. The molecule has 0 amide bonds. The number of benzene rings is 3. The van der Waals surface area contributed by atoms with Crippen LogP contribution in [0, 0.1) is 37.1 Å². The summed E-state index contributed by atoms with van der Waals surface area (Å²) < 4.78 is 62.5. The highest BCUT2D eigenvalue weighted by Crippen LogP contribution is 2.55. The third-order valence-corrected chi connectivity index (χ3v) is 11.7. The molecular formula is C47H70F4N2+2. The standard InChI is InChI=1S/C47H70F4N2/c1-35-25-27-38-39-28-26-37(42-45(50)43(48)36(2)44(49)46(42)51)34-41(39)47(40(38)33-35,29-21-17-13-9-11-15-19-23-31-52(3,4)5)30-22-18-14-10-12-16-20-24-32-53(6,7)8/h25-28,33-34H,9-24,29-32H2,1-8H3/q+2. The van der Waals surface area contributed by atoms with Gasteiger partial charge in [0.2, 0.25) is 0 Å². The summed E-state index contributed by atoms with van der Waals surface area (Å²) in [5, 5.41) is 0. The molecular weight excluding hydrogens is 669 g/mol. The Morgan fingerprint density at radius 1 is 0.453 bits per heavy atom. The van der Waals surface area contributed by atoms with Crippen LogP contribution in [0.3, 0.4) is 0 Å². The maximum Gasteiger partial charge on any atom is 0.170 e. The van der Waals surface area contributed by atoms with E-state index in [1.54, 1.807) is 6.07 Å². The summed E-state index contributed by atoms with van der Waals surface area (Å²) in [4.78, 5) is 0. The fraction of sp³-hybridized carbons (Fsp3) is 0.617. The highest BCUT2D eigenvalue weighted by molar-refractivity contribution is 5.84. The van der Waals surface area contributed by atoms with Gasteiger partial charge in [0.15, 0.2) is 23.3 Å². The Morgan fingerprint density at radius 2 is 0.830 bits per heavy atom. The van der Waals surface area contributed by atoms with Crippen LogP contribution in [0.15, 0.2) is 36.4 Å². The fourth-order valence-corrected chi connectivity index (χ4v) is 8.57. The first-order valence-electron chi connectivity index (χ1n) is 20.8. The van der Waals surface area contributed by atoms with Gasteiger partial charge >= 0.3 is 0 Å². The Kier molecular flexibility index (Phi) is 15.6. The summed E-state index contributed by atoms with van der Waals surface area (Å²) in [5.41, 5.74) is 4.40. The zero-order valence-electron chi connectivity index (χ0n) is 34.5. The van der Waals surface area contributed by atoms with Gasteiger partial charge in [-0.05, 0) is 86.3 Å². The Balaban J connectivity index is 1.53. The van der Waals surface area contributed by atoms with Crippen molar-refractivity contribution in [3.8, 4) is 22.3 Å². The second kappa shape index (κ2) is 19.2. The van der Waals surface area contributed by atoms with Gasteiger partial charge < -0.3 is 8.97 Å².